The second-order valence-electron chi connectivity index (χ2n) is 5.15. The van der Waals surface area contributed by atoms with Crippen LogP contribution in [0.1, 0.15) is 10.4 Å². The Labute approximate surface area is 130 Å². The highest BCUT2D eigenvalue weighted by Crippen LogP contribution is 2.23. The summed E-state index contributed by atoms with van der Waals surface area (Å²) < 4.78 is 5.62. The molecule has 0 aliphatic rings. The van der Waals surface area contributed by atoms with Gasteiger partial charge in [-0.2, -0.15) is 0 Å². The molecule has 0 saturated heterocycles. The molecule has 0 atom stereocenters. The maximum absolute atomic E-state index is 11.2. The number of anilines is 2. The topological polar surface area (TPSA) is 61.8 Å². The number of ether oxygens (including phenoxy) is 1. The Morgan fingerprint density at radius 2 is 1.82 bits per heavy atom. The van der Waals surface area contributed by atoms with E-state index >= 15 is 0 Å². The van der Waals surface area contributed by atoms with E-state index in [2.05, 4.69) is 10.2 Å². The van der Waals surface area contributed by atoms with Crippen LogP contribution in [0.15, 0.2) is 48.5 Å². The molecule has 0 saturated carbocycles. The Balaban J connectivity index is 2.01. The molecule has 0 unspecified atom stereocenters. The predicted molar refractivity (Wildman–Crippen MR) is 87.2 cm³/mol. The van der Waals surface area contributed by atoms with Crippen molar-refractivity contribution in [3.05, 3.63) is 54.1 Å². The molecule has 0 amide bonds. The van der Waals surface area contributed by atoms with Gasteiger partial charge in [-0.25, -0.2) is 4.79 Å². The van der Waals surface area contributed by atoms with Crippen LogP contribution < -0.4 is 10.1 Å². The summed E-state index contributed by atoms with van der Waals surface area (Å²) in [5.41, 5.74) is 1.62. The van der Waals surface area contributed by atoms with E-state index in [0.717, 1.165) is 18.0 Å². The lowest BCUT2D eigenvalue weighted by Crippen LogP contribution is -2.19. The van der Waals surface area contributed by atoms with E-state index in [4.69, 9.17) is 9.84 Å². The van der Waals surface area contributed by atoms with E-state index in [1.54, 1.807) is 24.3 Å². The molecule has 0 spiro atoms. The minimum atomic E-state index is -0.952. The van der Waals surface area contributed by atoms with Crippen LogP contribution in [0.3, 0.4) is 0 Å². The maximum atomic E-state index is 11.2. The Morgan fingerprint density at radius 3 is 2.45 bits per heavy atom. The van der Waals surface area contributed by atoms with Crippen LogP contribution in [0.2, 0.25) is 0 Å². The number of benzene rings is 2. The van der Waals surface area contributed by atoms with Gasteiger partial charge in [0.25, 0.3) is 0 Å². The van der Waals surface area contributed by atoms with Gasteiger partial charge in [-0.15, -0.1) is 0 Å². The van der Waals surface area contributed by atoms with Crippen molar-refractivity contribution < 1.29 is 14.6 Å². The van der Waals surface area contributed by atoms with Crippen molar-refractivity contribution in [2.75, 3.05) is 32.6 Å². The second-order valence-corrected chi connectivity index (χ2v) is 5.15. The number of carboxylic acids is 1. The van der Waals surface area contributed by atoms with Gasteiger partial charge in [0, 0.05) is 12.2 Å². The van der Waals surface area contributed by atoms with Crippen LogP contribution in [0.25, 0.3) is 0 Å². The maximum Gasteiger partial charge on any atom is 0.337 e. The number of nitrogens with one attached hydrogen (secondary N) is 1. The Kier molecular flexibility index (Phi) is 5.38. The largest absolute Gasteiger partial charge is 0.492 e. The number of carbonyl (C=O) groups is 1. The van der Waals surface area contributed by atoms with Gasteiger partial charge in [-0.05, 0) is 50.5 Å². The van der Waals surface area contributed by atoms with Gasteiger partial charge in [0.15, 0.2) is 0 Å². The highest BCUT2D eigenvalue weighted by Gasteiger charge is 2.08. The number of hydrogen-bond donors (Lipinski definition) is 2. The van der Waals surface area contributed by atoms with Gasteiger partial charge in [-0.1, -0.05) is 12.1 Å². The van der Waals surface area contributed by atoms with Crippen LogP contribution >= 0.6 is 0 Å². The molecule has 0 radical (unpaired) electrons. The van der Waals surface area contributed by atoms with E-state index in [1.807, 2.05) is 38.4 Å². The number of nitrogens with zero attached hydrogens (tertiary/aromatic N) is 1. The van der Waals surface area contributed by atoms with Crippen LogP contribution in [0, 0.1) is 0 Å². The average Bonchev–Trinajstić information content (AvgIpc) is 2.49. The number of aromatic carboxylic acids is 1. The molecule has 2 aromatic rings. The first-order chi connectivity index (χ1) is 10.6. The van der Waals surface area contributed by atoms with Gasteiger partial charge >= 0.3 is 5.97 Å². The second kappa shape index (κ2) is 7.47. The van der Waals surface area contributed by atoms with Crippen molar-refractivity contribution in [1.29, 1.82) is 0 Å². The van der Waals surface area contributed by atoms with Gasteiger partial charge < -0.3 is 20.1 Å². The molecule has 0 heterocycles. The molecular formula is C17H20N2O3. The van der Waals surface area contributed by atoms with Crippen LogP contribution in [0.5, 0.6) is 5.75 Å². The van der Waals surface area contributed by atoms with Crippen LogP contribution in [-0.2, 0) is 0 Å². The molecule has 22 heavy (non-hydrogen) atoms. The summed E-state index contributed by atoms with van der Waals surface area (Å²) in [7, 11) is 3.99. The molecule has 2 N–H and O–H groups in total. The molecule has 5 nitrogen and oxygen atoms in total. The number of rotatable bonds is 7. The fourth-order valence-corrected chi connectivity index (χ4v) is 1.91. The number of likely N-dealkylation sites (N-methyl/N-ethyl adjacent to an activating group) is 1. The lowest BCUT2D eigenvalue weighted by molar-refractivity contribution is 0.0698. The smallest absolute Gasteiger partial charge is 0.337 e. The molecule has 0 aromatic heterocycles. The Bertz CT molecular complexity index is 624. The lowest BCUT2D eigenvalue weighted by atomic mass is 10.1. The molecule has 0 fully saturated rings. The molecule has 0 aliphatic heterocycles. The summed E-state index contributed by atoms with van der Waals surface area (Å²) in [6, 6.07) is 14.3. The molecule has 2 aromatic carbocycles. The number of carboxylic acid groups (broad SMARTS) is 1. The quantitative estimate of drug-likeness (QED) is 0.823. The Morgan fingerprint density at radius 1 is 1.14 bits per heavy atom. The van der Waals surface area contributed by atoms with Gasteiger partial charge in [-0.3, -0.25) is 0 Å². The zero-order valence-corrected chi connectivity index (χ0v) is 12.7. The summed E-state index contributed by atoms with van der Waals surface area (Å²) in [6.07, 6.45) is 0. The molecule has 116 valence electrons. The third-order valence-electron chi connectivity index (χ3n) is 3.10. The van der Waals surface area contributed by atoms with E-state index in [9.17, 15) is 4.79 Å². The van der Waals surface area contributed by atoms with E-state index in [1.165, 1.54) is 0 Å². The zero-order chi connectivity index (χ0) is 15.9. The van der Waals surface area contributed by atoms with Crippen molar-refractivity contribution in [3.8, 4) is 5.75 Å². The third-order valence-corrected chi connectivity index (χ3v) is 3.10. The van der Waals surface area contributed by atoms with Gasteiger partial charge in [0.05, 0.1) is 11.3 Å². The fourth-order valence-electron chi connectivity index (χ4n) is 1.91. The van der Waals surface area contributed by atoms with Crippen molar-refractivity contribution in [1.82, 2.24) is 4.90 Å². The first-order valence-corrected chi connectivity index (χ1v) is 7.03. The van der Waals surface area contributed by atoms with Crippen molar-refractivity contribution >= 4 is 17.3 Å². The summed E-state index contributed by atoms with van der Waals surface area (Å²) in [5, 5.41) is 12.3. The van der Waals surface area contributed by atoms with E-state index in [0.29, 0.717) is 12.3 Å². The first-order valence-electron chi connectivity index (χ1n) is 7.03. The molecular weight excluding hydrogens is 280 g/mol. The van der Waals surface area contributed by atoms with E-state index in [-0.39, 0.29) is 5.56 Å². The van der Waals surface area contributed by atoms with Crippen LogP contribution in [-0.4, -0.2) is 43.2 Å². The standard InChI is InChI=1S/C17H20N2O3/c1-19(2)11-12-22-14-9-7-13(8-10-14)18-16-6-4-3-5-15(16)17(20)21/h3-10,18H,11-12H2,1-2H3,(H,20,21). The normalized spacial score (nSPS) is 10.5. The summed E-state index contributed by atoms with van der Waals surface area (Å²) in [6.45, 7) is 1.48. The van der Waals surface area contributed by atoms with E-state index < -0.39 is 5.97 Å². The molecule has 0 aliphatic carbocycles. The minimum Gasteiger partial charge on any atom is -0.492 e. The Hall–Kier alpha value is -2.53. The van der Waals surface area contributed by atoms with Crippen LogP contribution in [0.4, 0.5) is 11.4 Å². The zero-order valence-electron chi connectivity index (χ0n) is 12.7. The molecule has 2 rings (SSSR count). The van der Waals surface area contributed by atoms with Gasteiger partial charge in [0.1, 0.15) is 12.4 Å². The highest BCUT2D eigenvalue weighted by atomic mass is 16.5. The lowest BCUT2D eigenvalue weighted by Gasteiger charge is -2.12. The summed E-state index contributed by atoms with van der Waals surface area (Å²) in [4.78, 5) is 13.2. The minimum absolute atomic E-state index is 0.244. The predicted octanol–water partition coefficient (Wildman–Crippen LogP) is 3.07. The first kappa shape index (κ1) is 15.9. The molecule has 5 heteroatoms. The summed E-state index contributed by atoms with van der Waals surface area (Å²) in [5.74, 6) is -0.161. The fraction of sp³-hybridized carbons (Fsp3) is 0.235. The van der Waals surface area contributed by atoms with Crippen molar-refractivity contribution in [2.24, 2.45) is 0 Å². The van der Waals surface area contributed by atoms with Gasteiger partial charge in [0.2, 0.25) is 0 Å². The average molecular weight is 300 g/mol. The SMILES string of the molecule is CN(C)CCOc1ccc(Nc2ccccc2C(=O)O)cc1. The van der Waals surface area contributed by atoms with Crippen molar-refractivity contribution in [2.45, 2.75) is 0 Å². The molecule has 0 bridgehead atoms. The number of hydrogen-bond acceptors (Lipinski definition) is 4. The highest BCUT2D eigenvalue weighted by molar-refractivity contribution is 5.95. The van der Waals surface area contributed by atoms with Crippen molar-refractivity contribution in [3.63, 3.8) is 0 Å². The number of para-hydroxylation sites is 1. The summed E-state index contributed by atoms with van der Waals surface area (Å²) >= 11 is 0. The monoisotopic (exact) mass is 300 g/mol. The third kappa shape index (κ3) is 4.49.